The SMILES string of the molecule is N#CC(Nc1cccc(F)c1)c1ccccc1C1CC1. The number of benzene rings is 2. The number of nitrogens with zero attached hydrogens (tertiary/aromatic N) is 1. The summed E-state index contributed by atoms with van der Waals surface area (Å²) in [4.78, 5) is 0. The molecule has 2 aromatic carbocycles. The maximum absolute atomic E-state index is 13.2. The topological polar surface area (TPSA) is 35.8 Å². The smallest absolute Gasteiger partial charge is 0.140 e. The van der Waals surface area contributed by atoms with Crippen molar-refractivity contribution in [3.8, 4) is 6.07 Å². The standard InChI is InChI=1S/C17H15FN2/c18-13-4-3-5-14(10-13)20-17(11-19)16-7-2-1-6-15(16)12-8-9-12/h1-7,10,12,17,20H,8-9H2. The maximum Gasteiger partial charge on any atom is 0.140 e. The molecule has 0 spiro atoms. The number of hydrogen-bond acceptors (Lipinski definition) is 2. The molecule has 2 aromatic rings. The van der Waals surface area contributed by atoms with Gasteiger partial charge < -0.3 is 5.32 Å². The summed E-state index contributed by atoms with van der Waals surface area (Å²) in [5.74, 6) is 0.276. The number of hydrogen-bond donors (Lipinski definition) is 1. The molecular weight excluding hydrogens is 251 g/mol. The summed E-state index contributed by atoms with van der Waals surface area (Å²) in [6, 6.07) is 16.1. The van der Waals surface area contributed by atoms with Gasteiger partial charge in [-0.2, -0.15) is 5.26 Å². The first-order chi connectivity index (χ1) is 9.78. The lowest BCUT2D eigenvalue weighted by molar-refractivity contribution is 0.628. The van der Waals surface area contributed by atoms with E-state index in [9.17, 15) is 9.65 Å². The van der Waals surface area contributed by atoms with Crippen LogP contribution >= 0.6 is 0 Å². The monoisotopic (exact) mass is 266 g/mol. The Labute approximate surface area is 117 Å². The summed E-state index contributed by atoms with van der Waals surface area (Å²) in [5, 5.41) is 12.5. The molecule has 1 atom stereocenters. The van der Waals surface area contributed by atoms with Crippen molar-refractivity contribution in [2.45, 2.75) is 24.8 Å². The molecule has 20 heavy (non-hydrogen) atoms. The van der Waals surface area contributed by atoms with Crippen molar-refractivity contribution in [2.24, 2.45) is 0 Å². The summed E-state index contributed by atoms with van der Waals surface area (Å²) in [6.45, 7) is 0. The van der Waals surface area contributed by atoms with Crippen molar-refractivity contribution < 1.29 is 4.39 Å². The molecule has 0 heterocycles. The molecule has 3 rings (SSSR count). The van der Waals surface area contributed by atoms with Gasteiger partial charge in [-0.15, -0.1) is 0 Å². The van der Waals surface area contributed by atoms with E-state index in [1.54, 1.807) is 12.1 Å². The Morgan fingerprint density at radius 1 is 1.15 bits per heavy atom. The minimum Gasteiger partial charge on any atom is -0.366 e. The first kappa shape index (κ1) is 12.7. The molecule has 1 unspecified atom stereocenters. The van der Waals surface area contributed by atoms with Crippen LogP contribution in [-0.2, 0) is 0 Å². The molecule has 2 nitrogen and oxygen atoms in total. The molecule has 0 radical (unpaired) electrons. The fraction of sp³-hybridized carbons (Fsp3) is 0.235. The highest BCUT2D eigenvalue weighted by atomic mass is 19.1. The first-order valence-electron chi connectivity index (χ1n) is 6.78. The molecule has 0 bridgehead atoms. The highest BCUT2D eigenvalue weighted by Gasteiger charge is 2.28. The Bertz CT molecular complexity index is 656. The average Bonchev–Trinajstić information content (AvgIpc) is 3.29. The van der Waals surface area contributed by atoms with Crippen LogP contribution in [0.5, 0.6) is 0 Å². The summed E-state index contributed by atoms with van der Waals surface area (Å²) in [6.07, 6.45) is 2.38. The quantitative estimate of drug-likeness (QED) is 0.891. The van der Waals surface area contributed by atoms with Crippen LogP contribution in [-0.4, -0.2) is 0 Å². The highest BCUT2D eigenvalue weighted by molar-refractivity contribution is 5.49. The lowest BCUT2D eigenvalue weighted by Crippen LogP contribution is -2.10. The average molecular weight is 266 g/mol. The van der Waals surface area contributed by atoms with Crippen LogP contribution in [0, 0.1) is 17.1 Å². The maximum atomic E-state index is 13.2. The molecule has 100 valence electrons. The molecule has 1 saturated carbocycles. The number of rotatable bonds is 4. The third-order valence-electron chi connectivity index (χ3n) is 3.59. The Balaban J connectivity index is 1.89. The zero-order valence-corrected chi connectivity index (χ0v) is 11.0. The van der Waals surface area contributed by atoms with Crippen LogP contribution < -0.4 is 5.32 Å². The van der Waals surface area contributed by atoms with Crippen molar-refractivity contribution in [1.29, 1.82) is 5.26 Å². The Morgan fingerprint density at radius 2 is 1.95 bits per heavy atom. The summed E-state index contributed by atoms with van der Waals surface area (Å²) in [5.41, 5.74) is 2.87. The van der Waals surface area contributed by atoms with Crippen molar-refractivity contribution in [2.75, 3.05) is 5.32 Å². The van der Waals surface area contributed by atoms with E-state index in [-0.39, 0.29) is 5.82 Å². The Morgan fingerprint density at radius 3 is 2.65 bits per heavy atom. The van der Waals surface area contributed by atoms with Crippen molar-refractivity contribution in [3.63, 3.8) is 0 Å². The second-order valence-corrected chi connectivity index (χ2v) is 5.12. The van der Waals surface area contributed by atoms with Crippen molar-refractivity contribution in [3.05, 3.63) is 65.5 Å². The highest BCUT2D eigenvalue weighted by Crippen LogP contribution is 2.43. The van der Waals surface area contributed by atoms with Gasteiger partial charge in [0.15, 0.2) is 0 Å². The molecule has 3 heteroatoms. The van der Waals surface area contributed by atoms with E-state index in [2.05, 4.69) is 17.5 Å². The van der Waals surface area contributed by atoms with Crippen LogP contribution in [0.25, 0.3) is 0 Å². The molecule has 1 fully saturated rings. The van der Waals surface area contributed by atoms with Crippen LogP contribution in [0.2, 0.25) is 0 Å². The predicted molar refractivity (Wildman–Crippen MR) is 76.8 cm³/mol. The van der Waals surface area contributed by atoms with Gasteiger partial charge in [0.2, 0.25) is 0 Å². The van der Waals surface area contributed by atoms with E-state index in [0.29, 0.717) is 11.6 Å². The van der Waals surface area contributed by atoms with E-state index in [4.69, 9.17) is 0 Å². The number of halogens is 1. The molecule has 1 N–H and O–H groups in total. The minimum absolute atomic E-state index is 0.304. The zero-order valence-electron chi connectivity index (χ0n) is 11.0. The fourth-order valence-electron chi connectivity index (χ4n) is 2.46. The minimum atomic E-state index is -0.450. The first-order valence-corrected chi connectivity index (χ1v) is 6.78. The molecule has 1 aliphatic carbocycles. The summed E-state index contributed by atoms with van der Waals surface area (Å²) in [7, 11) is 0. The molecule has 0 aromatic heterocycles. The van der Waals surface area contributed by atoms with Crippen LogP contribution in [0.1, 0.15) is 35.9 Å². The second-order valence-electron chi connectivity index (χ2n) is 5.12. The van der Waals surface area contributed by atoms with Gasteiger partial charge in [-0.1, -0.05) is 30.3 Å². The van der Waals surface area contributed by atoms with Gasteiger partial charge in [0.1, 0.15) is 11.9 Å². The lowest BCUT2D eigenvalue weighted by Gasteiger charge is -2.17. The van der Waals surface area contributed by atoms with Gasteiger partial charge in [0, 0.05) is 5.69 Å². The normalized spacial score (nSPS) is 15.4. The fourth-order valence-corrected chi connectivity index (χ4v) is 2.46. The van der Waals surface area contributed by atoms with E-state index in [1.165, 1.54) is 30.5 Å². The number of anilines is 1. The second kappa shape index (κ2) is 5.34. The number of nitriles is 1. The lowest BCUT2D eigenvalue weighted by atomic mass is 9.97. The van der Waals surface area contributed by atoms with Gasteiger partial charge in [-0.25, -0.2) is 4.39 Å². The third-order valence-corrected chi connectivity index (χ3v) is 3.59. The predicted octanol–water partition coefficient (Wildman–Crippen LogP) is 4.38. The zero-order chi connectivity index (χ0) is 13.9. The largest absolute Gasteiger partial charge is 0.366 e. The van der Waals surface area contributed by atoms with E-state index in [1.807, 2.05) is 18.2 Å². The van der Waals surface area contributed by atoms with Crippen molar-refractivity contribution in [1.82, 2.24) is 0 Å². The van der Waals surface area contributed by atoms with E-state index in [0.717, 1.165) is 5.56 Å². The van der Waals surface area contributed by atoms with E-state index >= 15 is 0 Å². The number of nitrogens with one attached hydrogen (secondary N) is 1. The van der Waals surface area contributed by atoms with Gasteiger partial charge in [-0.3, -0.25) is 0 Å². The van der Waals surface area contributed by atoms with Gasteiger partial charge >= 0.3 is 0 Å². The van der Waals surface area contributed by atoms with Crippen molar-refractivity contribution >= 4 is 5.69 Å². The van der Waals surface area contributed by atoms with Gasteiger partial charge in [0.05, 0.1) is 6.07 Å². The summed E-state index contributed by atoms with van der Waals surface area (Å²) < 4.78 is 13.2. The molecule has 0 saturated heterocycles. The molecule has 1 aliphatic rings. The molecular formula is C17H15FN2. The third kappa shape index (κ3) is 2.65. The van der Waals surface area contributed by atoms with Crippen LogP contribution in [0.4, 0.5) is 10.1 Å². The van der Waals surface area contributed by atoms with Crippen LogP contribution in [0.3, 0.4) is 0 Å². The Hall–Kier alpha value is -2.34. The summed E-state index contributed by atoms with van der Waals surface area (Å²) >= 11 is 0. The van der Waals surface area contributed by atoms with E-state index < -0.39 is 6.04 Å². The van der Waals surface area contributed by atoms with Crippen LogP contribution in [0.15, 0.2) is 48.5 Å². The van der Waals surface area contributed by atoms with Gasteiger partial charge in [0.25, 0.3) is 0 Å². The molecule has 0 amide bonds. The van der Waals surface area contributed by atoms with Gasteiger partial charge in [-0.05, 0) is 48.1 Å². The Kier molecular flexibility index (Phi) is 3.39. The molecule has 0 aliphatic heterocycles.